The van der Waals surface area contributed by atoms with E-state index in [1.165, 1.54) is 19.3 Å². The molecule has 1 fully saturated rings. The summed E-state index contributed by atoms with van der Waals surface area (Å²) in [5.41, 5.74) is 7.19. The largest absolute Gasteiger partial charge is 0.329 e. The molecule has 2 N–H and O–H groups in total. The molecule has 1 aromatic rings. The second-order valence-electron chi connectivity index (χ2n) is 5.50. The van der Waals surface area contributed by atoms with E-state index in [1.807, 2.05) is 12.3 Å². The fourth-order valence-corrected chi connectivity index (χ4v) is 2.70. The summed E-state index contributed by atoms with van der Waals surface area (Å²) in [7, 11) is 0. The monoisotopic (exact) mass is 233 g/mol. The molecule has 1 aromatic heterocycles. The van der Waals surface area contributed by atoms with Gasteiger partial charge in [0.05, 0.1) is 0 Å². The maximum Gasteiger partial charge on any atom is 0.135 e. The molecular weight excluding hydrogens is 210 g/mol. The Hall–Kier alpha value is -0.960. The zero-order valence-corrected chi connectivity index (χ0v) is 10.9. The fourth-order valence-electron chi connectivity index (χ4n) is 2.70. The minimum atomic E-state index is 0.0448. The van der Waals surface area contributed by atoms with Crippen molar-refractivity contribution in [2.75, 3.05) is 6.54 Å². The van der Waals surface area contributed by atoms with Crippen LogP contribution < -0.4 is 5.73 Å². The Bertz CT molecular complexity index is 367. The molecule has 1 saturated carbocycles. The van der Waals surface area contributed by atoms with E-state index in [1.54, 1.807) is 0 Å². The molecule has 0 aromatic carbocycles. The third kappa shape index (κ3) is 2.49. The smallest absolute Gasteiger partial charge is 0.135 e. The Morgan fingerprint density at radius 3 is 2.59 bits per heavy atom. The van der Waals surface area contributed by atoms with E-state index < -0.39 is 0 Å². The average Bonchev–Trinajstić information content (AvgIpc) is 2.39. The normalized spacial score (nSPS) is 19.5. The van der Waals surface area contributed by atoms with E-state index in [4.69, 9.17) is 10.7 Å². The summed E-state index contributed by atoms with van der Waals surface area (Å²) in [4.78, 5) is 9.25. The van der Waals surface area contributed by atoms with Crippen LogP contribution in [0.15, 0.2) is 12.3 Å². The zero-order chi connectivity index (χ0) is 12.3. The maximum atomic E-state index is 6.02. The van der Waals surface area contributed by atoms with E-state index in [0.717, 1.165) is 24.4 Å². The highest BCUT2D eigenvalue weighted by molar-refractivity contribution is 5.15. The minimum absolute atomic E-state index is 0.0448. The molecule has 2 rings (SSSR count). The second-order valence-corrected chi connectivity index (χ2v) is 5.50. The Labute approximate surface area is 104 Å². The van der Waals surface area contributed by atoms with Gasteiger partial charge in [-0.1, -0.05) is 33.1 Å². The predicted octanol–water partition coefficient (Wildman–Crippen LogP) is 2.76. The Kier molecular flexibility index (Phi) is 3.77. The summed E-state index contributed by atoms with van der Waals surface area (Å²) in [6, 6.07) is 2.02. The van der Waals surface area contributed by atoms with E-state index in [0.29, 0.717) is 12.5 Å². The molecule has 3 nitrogen and oxygen atoms in total. The van der Waals surface area contributed by atoms with Crippen molar-refractivity contribution in [2.45, 2.75) is 57.3 Å². The van der Waals surface area contributed by atoms with Crippen LogP contribution in [0, 0.1) is 0 Å². The van der Waals surface area contributed by atoms with Gasteiger partial charge in [0, 0.05) is 23.9 Å². The van der Waals surface area contributed by atoms with Crippen molar-refractivity contribution < 1.29 is 0 Å². The van der Waals surface area contributed by atoms with Crippen LogP contribution in [0.3, 0.4) is 0 Å². The van der Waals surface area contributed by atoms with Gasteiger partial charge in [0.25, 0.3) is 0 Å². The van der Waals surface area contributed by atoms with Crippen molar-refractivity contribution in [1.29, 1.82) is 0 Å². The Morgan fingerprint density at radius 2 is 2.00 bits per heavy atom. The maximum absolute atomic E-state index is 6.02. The lowest BCUT2D eigenvalue weighted by molar-refractivity contribution is 0.285. The van der Waals surface area contributed by atoms with Gasteiger partial charge in [0.1, 0.15) is 5.82 Å². The van der Waals surface area contributed by atoms with Gasteiger partial charge in [-0.15, -0.1) is 0 Å². The molecule has 1 aliphatic rings. The van der Waals surface area contributed by atoms with Crippen LogP contribution >= 0.6 is 0 Å². The molecule has 0 spiro atoms. The molecule has 3 heteroatoms. The predicted molar refractivity (Wildman–Crippen MR) is 69.9 cm³/mol. The van der Waals surface area contributed by atoms with E-state index in [-0.39, 0.29) is 5.41 Å². The van der Waals surface area contributed by atoms with E-state index in [2.05, 4.69) is 18.8 Å². The number of hydrogen-bond acceptors (Lipinski definition) is 3. The Morgan fingerprint density at radius 1 is 1.29 bits per heavy atom. The zero-order valence-electron chi connectivity index (χ0n) is 10.9. The van der Waals surface area contributed by atoms with Gasteiger partial charge in [-0.25, -0.2) is 9.97 Å². The Balaban J connectivity index is 2.33. The first kappa shape index (κ1) is 12.5. The van der Waals surface area contributed by atoms with E-state index >= 15 is 0 Å². The summed E-state index contributed by atoms with van der Waals surface area (Å²) < 4.78 is 0. The summed E-state index contributed by atoms with van der Waals surface area (Å²) in [6.07, 6.45) is 8.02. The van der Waals surface area contributed by atoms with E-state index in [9.17, 15) is 0 Å². The van der Waals surface area contributed by atoms with Crippen molar-refractivity contribution in [3.63, 3.8) is 0 Å². The lowest BCUT2D eigenvalue weighted by Gasteiger charge is -2.34. The number of aromatic nitrogens is 2. The summed E-state index contributed by atoms with van der Waals surface area (Å²) >= 11 is 0. The van der Waals surface area contributed by atoms with Crippen LogP contribution in [0.1, 0.15) is 63.4 Å². The van der Waals surface area contributed by atoms with Crippen LogP contribution in [-0.2, 0) is 5.41 Å². The lowest BCUT2D eigenvalue weighted by atomic mass is 9.73. The molecule has 0 aliphatic heterocycles. The fraction of sp³-hybridized carbons (Fsp3) is 0.714. The number of nitrogens with zero attached hydrogens (tertiary/aromatic N) is 2. The summed E-state index contributed by atoms with van der Waals surface area (Å²) in [5.74, 6) is 1.43. The molecule has 0 atom stereocenters. The van der Waals surface area contributed by atoms with Crippen LogP contribution in [-0.4, -0.2) is 16.5 Å². The van der Waals surface area contributed by atoms with Gasteiger partial charge in [-0.2, -0.15) is 0 Å². The summed E-state index contributed by atoms with van der Waals surface area (Å²) in [6.45, 7) is 5.01. The number of nitrogens with two attached hydrogens (primary N) is 1. The standard InChI is InChI=1S/C14H23N3/c1-11(2)12-6-9-16-13(17-12)14(10-15)7-4-3-5-8-14/h6,9,11H,3-5,7-8,10,15H2,1-2H3. The van der Waals surface area contributed by atoms with Crippen molar-refractivity contribution in [1.82, 2.24) is 9.97 Å². The first-order valence-electron chi connectivity index (χ1n) is 6.71. The highest BCUT2D eigenvalue weighted by Gasteiger charge is 2.35. The number of hydrogen-bond donors (Lipinski definition) is 1. The van der Waals surface area contributed by atoms with Crippen molar-refractivity contribution in [2.24, 2.45) is 5.73 Å². The van der Waals surface area contributed by atoms with Crippen LogP contribution in [0.4, 0.5) is 0 Å². The van der Waals surface area contributed by atoms with Gasteiger partial charge >= 0.3 is 0 Å². The molecule has 0 unspecified atom stereocenters. The molecule has 17 heavy (non-hydrogen) atoms. The van der Waals surface area contributed by atoms with Crippen molar-refractivity contribution in [3.8, 4) is 0 Å². The molecule has 0 saturated heterocycles. The van der Waals surface area contributed by atoms with Crippen molar-refractivity contribution >= 4 is 0 Å². The summed E-state index contributed by atoms with van der Waals surface area (Å²) in [5, 5.41) is 0. The van der Waals surface area contributed by atoms with Gasteiger partial charge in [-0.05, 0) is 24.8 Å². The second kappa shape index (κ2) is 5.13. The molecule has 1 aliphatic carbocycles. The van der Waals surface area contributed by atoms with Gasteiger partial charge < -0.3 is 5.73 Å². The van der Waals surface area contributed by atoms with Gasteiger partial charge in [0.2, 0.25) is 0 Å². The highest BCUT2D eigenvalue weighted by atomic mass is 14.9. The third-order valence-corrected chi connectivity index (χ3v) is 3.94. The average molecular weight is 233 g/mol. The lowest BCUT2D eigenvalue weighted by Crippen LogP contribution is -2.39. The van der Waals surface area contributed by atoms with Crippen LogP contribution in [0.2, 0.25) is 0 Å². The molecule has 1 heterocycles. The molecule has 0 radical (unpaired) electrons. The quantitative estimate of drug-likeness (QED) is 0.873. The van der Waals surface area contributed by atoms with Crippen LogP contribution in [0.5, 0.6) is 0 Å². The van der Waals surface area contributed by atoms with Gasteiger partial charge in [0.15, 0.2) is 0 Å². The molecule has 94 valence electrons. The first-order chi connectivity index (χ1) is 8.18. The molecular formula is C14H23N3. The topological polar surface area (TPSA) is 51.8 Å². The SMILES string of the molecule is CC(C)c1ccnc(C2(CN)CCCCC2)n1. The van der Waals surface area contributed by atoms with Crippen LogP contribution in [0.25, 0.3) is 0 Å². The molecule has 0 amide bonds. The first-order valence-corrected chi connectivity index (χ1v) is 6.71. The third-order valence-electron chi connectivity index (χ3n) is 3.94. The van der Waals surface area contributed by atoms with Crippen molar-refractivity contribution in [3.05, 3.63) is 23.8 Å². The highest BCUT2D eigenvalue weighted by Crippen LogP contribution is 2.36. The molecule has 0 bridgehead atoms. The minimum Gasteiger partial charge on any atom is -0.329 e. The number of rotatable bonds is 3. The van der Waals surface area contributed by atoms with Gasteiger partial charge in [-0.3, -0.25) is 0 Å².